The molecule has 1 aromatic rings. The van der Waals surface area contributed by atoms with Crippen LogP contribution in [-0.4, -0.2) is 43.0 Å². The lowest BCUT2D eigenvalue weighted by atomic mass is 10.1. The van der Waals surface area contributed by atoms with E-state index < -0.39 is 6.04 Å². The summed E-state index contributed by atoms with van der Waals surface area (Å²) in [5, 5.41) is 2.91. The van der Waals surface area contributed by atoms with E-state index >= 15 is 0 Å². The summed E-state index contributed by atoms with van der Waals surface area (Å²) in [6, 6.07) is 10.1. The predicted molar refractivity (Wildman–Crippen MR) is 76.8 cm³/mol. The second kappa shape index (κ2) is 6.68. The van der Waals surface area contributed by atoms with Crippen molar-refractivity contribution in [2.24, 2.45) is 5.73 Å². The Morgan fingerprint density at radius 1 is 1.42 bits per heavy atom. The third-order valence-corrected chi connectivity index (χ3v) is 3.57. The van der Waals surface area contributed by atoms with Gasteiger partial charge in [0, 0.05) is 19.1 Å². The summed E-state index contributed by atoms with van der Waals surface area (Å²) in [5.41, 5.74) is 7.01. The van der Waals surface area contributed by atoms with E-state index in [1.165, 1.54) is 12.8 Å². The summed E-state index contributed by atoms with van der Waals surface area (Å²) >= 11 is 0. The number of hydrogen-bond acceptors (Lipinski definition) is 3. The molecule has 0 heterocycles. The smallest absolute Gasteiger partial charge is 0.237 e. The second-order valence-corrected chi connectivity index (χ2v) is 5.30. The van der Waals surface area contributed by atoms with Crippen molar-refractivity contribution in [3.8, 4) is 0 Å². The zero-order valence-electron chi connectivity index (χ0n) is 11.5. The second-order valence-electron chi connectivity index (χ2n) is 5.30. The molecule has 0 bridgehead atoms. The molecule has 0 saturated heterocycles. The van der Waals surface area contributed by atoms with Gasteiger partial charge in [0.05, 0.1) is 6.04 Å². The summed E-state index contributed by atoms with van der Waals surface area (Å²) in [7, 11) is 2.10. The molecule has 1 aromatic carbocycles. The van der Waals surface area contributed by atoms with Crippen LogP contribution in [0, 0.1) is 0 Å². The number of rotatable bonds is 7. The minimum absolute atomic E-state index is 0.0620. The normalized spacial score (nSPS) is 16.4. The van der Waals surface area contributed by atoms with E-state index in [4.69, 9.17) is 5.73 Å². The van der Waals surface area contributed by atoms with Crippen molar-refractivity contribution in [1.29, 1.82) is 0 Å². The fourth-order valence-electron chi connectivity index (χ4n) is 2.15. The van der Waals surface area contributed by atoms with Crippen molar-refractivity contribution in [2.75, 3.05) is 20.1 Å². The molecule has 1 aliphatic rings. The number of benzene rings is 1. The van der Waals surface area contributed by atoms with Crippen LogP contribution in [0.4, 0.5) is 0 Å². The summed E-state index contributed by atoms with van der Waals surface area (Å²) < 4.78 is 0. The number of nitrogens with two attached hydrogens (primary N) is 1. The number of hydrogen-bond donors (Lipinski definition) is 2. The first-order valence-electron chi connectivity index (χ1n) is 6.94. The highest BCUT2D eigenvalue weighted by Crippen LogP contribution is 2.24. The molecule has 1 saturated carbocycles. The summed E-state index contributed by atoms with van der Waals surface area (Å²) in [6.07, 6.45) is 3.17. The number of nitrogens with one attached hydrogen (secondary N) is 1. The molecule has 2 rings (SSSR count). The largest absolute Gasteiger partial charge is 0.353 e. The Bertz CT molecular complexity index is 403. The van der Waals surface area contributed by atoms with Crippen LogP contribution in [0.2, 0.25) is 0 Å². The zero-order chi connectivity index (χ0) is 13.7. The van der Waals surface area contributed by atoms with Gasteiger partial charge in [0.1, 0.15) is 0 Å². The first-order valence-corrected chi connectivity index (χ1v) is 6.94. The van der Waals surface area contributed by atoms with Gasteiger partial charge >= 0.3 is 0 Å². The van der Waals surface area contributed by atoms with E-state index in [9.17, 15) is 4.79 Å². The Balaban J connectivity index is 1.67. The monoisotopic (exact) mass is 261 g/mol. The van der Waals surface area contributed by atoms with Crippen molar-refractivity contribution in [3.05, 3.63) is 35.9 Å². The molecule has 1 aliphatic carbocycles. The van der Waals surface area contributed by atoms with Gasteiger partial charge in [0.15, 0.2) is 0 Å². The van der Waals surface area contributed by atoms with Gasteiger partial charge in [-0.1, -0.05) is 30.3 Å². The van der Waals surface area contributed by atoms with Crippen LogP contribution in [0.3, 0.4) is 0 Å². The summed E-state index contributed by atoms with van der Waals surface area (Å²) in [5.74, 6) is -0.0620. The van der Waals surface area contributed by atoms with E-state index in [-0.39, 0.29) is 5.91 Å². The van der Waals surface area contributed by atoms with Crippen LogP contribution in [0.15, 0.2) is 30.3 Å². The Kier molecular flexibility index (Phi) is 4.93. The lowest BCUT2D eigenvalue weighted by molar-refractivity contribution is -0.122. The molecular formula is C15H23N3O. The van der Waals surface area contributed by atoms with Gasteiger partial charge in [0.25, 0.3) is 0 Å². The van der Waals surface area contributed by atoms with Gasteiger partial charge in [-0.05, 0) is 31.9 Å². The van der Waals surface area contributed by atoms with Gasteiger partial charge in [-0.15, -0.1) is 0 Å². The van der Waals surface area contributed by atoms with E-state index in [0.717, 1.165) is 18.2 Å². The molecule has 1 fully saturated rings. The average Bonchev–Trinajstić information content (AvgIpc) is 3.24. The Labute approximate surface area is 115 Å². The summed E-state index contributed by atoms with van der Waals surface area (Å²) in [6.45, 7) is 1.57. The lowest BCUT2D eigenvalue weighted by Crippen LogP contribution is -2.44. The first kappa shape index (κ1) is 14.0. The summed E-state index contributed by atoms with van der Waals surface area (Å²) in [4.78, 5) is 14.2. The van der Waals surface area contributed by atoms with Crippen LogP contribution < -0.4 is 11.1 Å². The molecule has 0 unspecified atom stereocenters. The maximum absolute atomic E-state index is 11.9. The molecule has 3 N–H and O–H groups in total. The van der Waals surface area contributed by atoms with Gasteiger partial charge in [-0.3, -0.25) is 4.79 Å². The SMILES string of the molecule is CN(CCNC(=O)[C@@H](N)Cc1ccccc1)C1CC1. The number of carbonyl (C=O) groups is 1. The highest BCUT2D eigenvalue weighted by atomic mass is 16.2. The molecule has 1 amide bonds. The van der Waals surface area contributed by atoms with Crippen LogP contribution in [0.5, 0.6) is 0 Å². The maximum atomic E-state index is 11.9. The number of amides is 1. The first-order chi connectivity index (χ1) is 9.16. The molecule has 19 heavy (non-hydrogen) atoms. The minimum atomic E-state index is -0.464. The molecular weight excluding hydrogens is 238 g/mol. The predicted octanol–water partition coefficient (Wildman–Crippen LogP) is 0.767. The lowest BCUT2D eigenvalue weighted by Gasteiger charge is -2.17. The fourth-order valence-corrected chi connectivity index (χ4v) is 2.15. The Morgan fingerprint density at radius 2 is 2.11 bits per heavy atom. The Hall–Kier alpha value is -1.39. The van der Waals surface area contributed by atoms with Gasteiger partial charge in [-0.2, -0.15) is 0 Å². The van der Waals surface area contributed by atoms with Crippen molar-refractivity contribution in [1.82, 2.24) is 10.2 Å². The minimum Gasteiger partial charge on any atom is -0.353 e. The fraction of sp³-hybridized carbons (Fsp3) is 0.533. The molecule has 0 radical (unpaired) electrons. The molecule has 1 atom stereocenters. The third kappa shape index (κ3) is 4.65. The van der Waals surface area contributed by atoms with E-state index in [1.807, 2.05) is 30.3 Å². The number of likely N-dealkylation sites (N-methyl/N-ethyl adjacent to an activating group) is 1. The molecule has 4 heteroatoms. The Morgan fingerprint density at radius 3 is 2.74 bits per heavy atom. The molecule has 0 spiro atoms. The van der Waals surface area contributed by atoms with Gasteiger partial charge in [-0.25, -0.2) is 0 Å². The van der Waals surface area contributed by atoms with E-state index in [0.29, 0.717) is 13.0 Å². The standard InChI is InChI=1S/C15H23N3O/c1-18(13-7-8-13)10-9-17-15(19)14(16)11-12-5-3-2-4-6-12/h2-6,13-14H,7-11,16H2,1H3,(H,17,19)/t14-/m0/s1. The number of carbonyl (C=O) groups excluding carboxylic acids is 1. The van der Waals surface area contributed by atoms with Crippen LogP contribution in [0.25, 0.3) is 0 Å². The third-order valence-electron chi connectivity index (χ3n) is 3.57. The van der Waals surface area contributed by atoms with Crippen LogP contribution >= 0.6 is 0 Å². The van der Waals surface area contributed by atoms with Crippen molar-refractivity contribution >= 4 is 5.91 Å². The highest BCUT2D eigenvalue weighted by molar-refractivity contribution is 5.81. The molecule has 104 valence electrons. The number of nitrogens with zero attached hydrogens (tertiary/aromatic N) is 1. The van der Waals surface area contributed by atoms with Crippen LogP contribution in [-0.2, 0) is 11.2 Å². The topological polar surface area (TPSA) is 58.4 Å². The molecule has 0 aliphatic heterocycles. The van der Waals surface area contributed by atoms with E-state index in [2.05, 4.69) is 17.3 Å². The zero-order valence-corrected chi connectivity index (χ0v) is 11.5. The van der Waals surface area contributed by atoms with Gasteiger partial charge in [0.2, 0.25) is 5.91 Å². The molecule has 0 aromatic heterocycles. The van der Waals surface area contributed by atoms with Crippen molar-refractivity contribution < 1.29 is 4.79 Å². The average molecular weight is 261 g/mol. The van der Waals surface area contributed by atoms with Crippen molar-refractivity contribution in [2.45, 2.75) is 31.3 Å². The maximum Gasteiger partial charge on any atom is 0.237 e. The van der Waals surface area contributed by atoms with Crippen molar-refractivity contribution in [3.63, 3.8) is 0 Å². The quantitative estimate of drug-likeness (QED) is 0.762. The highest BCUT2D eigenvalue weighted by Gasteiger charge is 2.25. The molecule has 4 nitrogen and oxygen atoms in total. The van der Waals surface area contributed by atoms with Crippen LogP contribution in [0.1, 0.15) is 18.4 Å². The van der Waals surface area contributed by atoms with Gasteiger partial charge < -0.3 is 16.0 Å². The van der Waals surface area contributed by atoms with E-state index in [1.54, 1.807) is 0 Å².